The molecule has 1 saturated carbocycles. The van der Waals surface area contributed by atoms with Crippen molar-refractivity contribution in [3.8, 4) is 17.2 Å². The van der Waals surface area contributed by atoms with Crippen LogP contribution in [0.5, 0.6) is 17.2 Å². The van der Waals surface area contributed by atoms with Gasteiger partial charge in [-0.2, -0.15) is 0 Å². The summed E-state index contributed by atoms with van der Waals surface area (Å²) >= 11 is 0. The zero-order valence-corrected chi connectivity index (χ0v) is 41.2. The molecule has 2 atom stereocenters. The van der Waals surface area contributed by atoms with Gasteiger partial charge in [0, 0.05) is 67.5 Å². The van der Waals surface area contributed by atoms with Crippen molar-refractivity contribution in [3.05, 3.63) is 100 Å². The average molecular weight is 997 g/mol. The maximum absolute atomic E-state index is 14.1. The van der Waals surface area contributed by atoms with Crippen LogP contribution in [-0.4, -0.2) is 123 Å². The van der Waals surface area contributed by atoms with E-state index in [-0.39, 0.29) is 47.0 Å². The number of anilines is 2. The van der Waals surface area contributed by atoms with Gasteiger partial charge in [0.05, 0.1) is 40.2 Å². The molecule has 70 heavy (non-hydrogen) atoms. The minimum atomic E-state index is -4.73. The highest BCUT2D eigenvalue weighted by molar-refractivity contribution is 7.90. The topological polar surface area (TPSA) is 234 Å². The van der Waals surface area contributed by atoms with Crippen LogP contribution in [0.3, 0.4) is 0 Å². The number of H-pyrrole nitrogens is 1. The summed E-state index contributed by atoms with van der Waals surface area (Å²) in [7, 11) is -8.07. The molecule has 5 aliphatic rings. The Kier molecular flexibility index (Phi) is 13.0. The average Bonchev–Trinajstić information content (AvgIpc) is 4.01. The van der Waals surface area contributed by atoms with E-state index in [2.05, 4.69) is 82.5 Å². The third-order valence-corrected chi connectivity index (χ3v) is 17.0. The number of amides is 1. The largest absolute Gasteiger partial charge is 0.489 e. The van der Waals surface area contributed by atoms with Gasteiger partial charge in [-0.05, 0) is 106 Å². The zero-order chi connectivity index (χ0) is 49.0. The molecule has 1 spiro atoms. The minimum Gasteiger partial charge on any atom is -0.489 e. The number of benzene rings is 2. The number of rotatable bonds is 14. The van der Waals surface area contributed by atoms with Gasteiger partial charge in [-0.1, -0.05) is 38.1 Å². The van der Waals surface area contributed by atoms with E-state index in [1.807, 2.05) is 6.07 Å². The summed E-state index contributed by atoms with van der Waals surface area (Å²) in [6.45, 7) is 8.99. The van der Waals surface area contributed by atoms with E-state index in [1.165, 1.54) is 43.0 Å². The first-order valence-corrected chi connectivity index (χ1v) is 27.6. The van der Waals surface area contributed by atoms with Crippen LogP contribution < -0.4 is 29.1 Å². The van der Waals surface area contributed by atoms with Crippen LogP contribution in [0, 0.1) is 15.5 Å². The Morgan fingerprint density at radius 2 is 1.76 bits per heavy atom. The highest BCUT2D eigenvalue weighted by Gasteiger charge is 2.50. The SMILES string of the molecule is CC(C)c1ccccc1[C@@H]1CCCN1C1CC2(CCN(c3cnc(C(=O)NS(=O)(=O)c4cc5c(c([N+](=O)[O-])c4)N[C@@H](CN4CCC(NS(C)(=O)=O)CC4)CO5)c(Oc4cnc5[nH]ccc5c4)c3)CC2)C1. The van der Waals surface area contributed by atoms with Crippen molar-refractivity contribution in [1.29, 1.82) is 0 Å². The highest BCUT2D eigenvalue weighted by atomic mass is 32.2. The van der Waals surface area contributed by atoms with Crippen LogP contribution in [0.2, 0.25) is 0 Å². The number of piperidine rings is 2. The summed E-state index contributed by atoms with van der Waals surface area (Å²) in [5.41, 5.74) is 3.72. The van der Waals surface area contributed by atoms with Crippen LogP contribution >= 0.6 is 0 Å². The third kappa shape index (κ3) is 10.0. The van der Waals surface area contributed by atoms with Crippen LogP contribution in [0.25, 0.3) is 11.0 Å². The summed E-state index contributed by atoms with van der Waals surface area (Å²) in [5.74, 6) is -0.355. The number of aromatic amines is 1. The number of hydrogen-bond acceptors (Lipinski definition) is 15. The van der Waals surface area contributed by atoms with Gasteiger partial charge in [-0.15, -0.1) is 0 Å². The zero-order valence-electron chi connectivity index (χ0n) is 39.6. The molecule has 5 aromatic rings. The fourth-order valence-electron chi connectivity index (χ4n) is 11.4. The van der Waals surface area contributed by atoms with Crippen molar-refractivity contribution in [3.63, 3.8) is 0 Å². The van der Waals surface area contributed by atoms with Crippen molar-refractivity contribution < 1.29 is 36.0 Å². The van der Waals surface area contributed by atoms with Crippen molar-refractivity contribution in [2.24, 2.45) is 5.41 Å². The quantitative estimate of drug-likeness (QED) is 0.0672. The standard InChI is InChI=1S/C49H60N10O9S2/c1-31(2)39-7-4-5-8-40(39)41-9-6-16-58(41)36-25-49(26-36)13-19-57(20-14-49)35-22-44(68-37-21-32-10-15-50-47(32)52-28-37)46(51-27-35)48(60)55-70(65,66)38-23-42(59(61)62)45-43(24-38)67-30-34(53-45)29-56-17-11-33(12-18-56)54-69(3,63)64/h4-5,7-8,10,15,21-24,27-28,31,33-34,36,41,53-54H,6,9,11-14,16-20,25-26,29-30H2,1-3H3,(H,50,52)(H,55,60)/t34-,41-/m0/s1. The van der Waals surface area contributed by atoms with Gasteiger partial charge in [0.1, 0.15) is 18.0 Å². The summed E-state index contributed by atoms with van der Waals surface area (Å²) in [4.78, 5) is 44.3. The number of nitro benzene ring substituents is 1. The third-order valence-electron chi connectivity index (χ3n) is 14.9. The van der Waals surface area contributed by atoms with Crippen molar-refractivity contribution in [2.45, 2.75) is 100 Å². The number of pyridine rings is 2. The van der Waals surface area contributed by atoms with E-state index in [0.29, 0.717) is 61.9 Å². The number of carbonyl (C=O) groups is 1. The predicted octanol–water partition coefficient (Wildman–Crippen LogP) is 6.67. The van der Waals surface area contributed by atoms with Crippen LogP contribution in [0.4, 0.5) is 17.1 Å². The molecule has 19 nitrogen and oxygen atoms in total. The predicted molar refractivity (Wildman–Crippen MR) is 265 cm³/mol. The first-order valence-electron chi connectivity index (χ1n) is 24.2. The molecule has 1 amide bonds. The Bertz CT molecular complexity index is 3020. The van der Waals surface area contributed by atoms with Gasteiger partial charge in [0.15, 0.2) is 22.9 Å². The number of aromatic nitrogens is 3. The lowest BCUT2D eigenvalue weighted by atomic mass is 9.59. The molecular weight excluding hydrogens is 937 g/mol. The minimum absolute atomic E-state index is 0.0125. The van der Waals surface area contributed by atoms with E-state index >= 15 is 0 Å². The lowest BCUT2D eigenvalue weighted by Gasteiger charge is -2.56. The van der Waals surface area contributed by atoms with E-state index in [9.17, 15) is 31.7 Å². The Hall–Kier alpha value is -5.87. The van der Waals surface area contributed by atoms with Crippen LogP contribution in [-0.2, 0) is 20.0 Å². The monoisotopic (exact) mass is 996 g/mol. The Balaban J connectivity index is 0.830. The molecule has 4 aliphatic heterocycles. The van der Waals surface area contributed by atoms with Gasteiger partial charge < -0.3 is 29.6 Å². The number of fused-ring (bicyclic) bond motifs is 2. The molecule has 3 aromatic heterocycles. The van der Waals surface area contributed by atoms with Gasteiger partial charge >= 0.3 is 0 Å². The maximum Gasteiger partial charge on any atom is 0.297 e. The lowest BCUT2D eigenvalue weighted by molar-refractivity contribution is -0.384. The lowest BCUT2D eigenvalue weighted by Crippen LogP contribution is -2.55. The summed E-state index contributed by atoms with van der Waals surface area (Å²) in [5, 5.41) is 16.3. The number of likely N-dealkylation sites (tertiary alicyclic amines) is 2. The Morgan fingerprint density at radius 1 is 0.986 bits per heavy atom. The number of carbonyl (C=O) groups excluding carboxylic acids is 1. The summed E-state index contributed by atoms with van der Waals surface area (Å²) < 4.78 is 68.3. The summed E-state index contributed by atoms with van der Waals surface area (Å²) in [6, 6.07) is 16.7. The molecule has 2 aromatic carbocycles. The van der Waals surface area contributed by atoms with Crippen molar-refractivity contribution in [2.75, 3.05) is 62.3 Å². The Labute approximate surface area is 408 Å². The van der Waals surface area contributed by atoms with Crippen LogP contribution in [0.1, 0.15) is 98.8 Å². The van der Waals surface area contributed by atoms with Gasteiger partial charge in [-0.25, -0.2) is 36.2 Å². The summed E-state index contributed by atoms with van der Waals surface area (Å²) in [6.07, 6.45) is 13.9. The number of hydrogen-bond donors (Lipinski definition) is 4. The number of nitro groups is 1. The maximum atomic E-state index is 14.1. The molecule has 4 N–H and O–H groups in total. The smallest absolute Gasteiger partial charge is 0.297 e. The molecule has 21 heteroatoms. The fraction of sp³-hybridized carbons (Fsp3) is 0.490. The molecule has 0 unspecified atom stereocenters. The molecule has 4 fully saturated rings. The second-order valence-electron chi connectivity index (χ2n) is 20.1. The highest BCUT2D eigenvalue weighted by Crippen LogP contribution is 2.54. The van der Waals surface area contributed by atoms with Crippen molar-refractivity contribution >= 4 is 54.0 Å². The number of nitrogens with one attached hydrogen (secondary N) is 4. The number of ether oxygens (including phenoxy) is 2. The normalized spacial score (nSPS) is 21.3. The first-order chi connectivity index (χ1) is 33.5. The van der Waals surface area contributed by atoms with E-state index in [1.54, 1.807) is 24.5 Å². The molecule has 1 aliphatic carbocycles. The van der Waals surface area contributed by atoms with Gasteiger partial charge in [0.25, 0.3) is 21.6 Å². The van der Waals surface area contributed by atoms with E-state index in [4.69, 9.17) is 9.47 Å². The second kappa shape index (κ2) is 19.0. The molecule has 0 radical (unpaired) electrons. The number of sulfonamides is 2. The molecule has 3 saturated heterocycles. The molecule has 372 valence electrons. The van der Waals surface area contributed by atoms with Gasteiger partial charge in [-0.3, -0.25) is 19.8 Å². The number of nitrogens with zero attached hydrogens (tertiary/aromatic N) is 6. The first kappa shape index (κ1) is 47.8. The van der Waals surface area contributed by atoms with E-state index in [0.717, 1.165) is 61.9 Å². The van der Waals surface area contributed by atoms with E-state index < -0.39 is 41.5 Å². The molecular formula is C49H60N10O9S2. The van der Waals surface area contributed by atoms with Crippen LogP contribution in [0.15, 0.2) is 78.1 Å². The van der Waals surface area contributed by atoms with Crippen molar-refractivity contribution in [1.82, 2.24) is 34.2 Å². The Morgan fingerprint density at radius 3 is 2.50 bits per heavy atom. The second-order valence-corrected chi connectivity index (χ2v) is 23.5. The van der Waals surface area contributed by atoms with Gasteiger partial charge in [0.2, 0.25) is 10.0 Å². The molecule has 7 heterocycles. The molecule has 10 rings (SSSR count). The fourth-order valence-corrected chi connectivity index (χ4v) is 13.3. The molecule has 0 bridgehead atoms.